The molecule has 0 aromatic carbocycles. The molecular formula is C13H17NO4. The molecule has 0 spiro atoms. The van der Waals surface area contributed by atoms with E-state index < -0.39 is 12.1 Å². The van der Waals surface area contributed by atoms with Crippen LogP contribution < -0.4 is 0 Å². The smallest absolute Gasteiger partial charge is 0.330 e. The maximum absolute atomic E-state index is 11.8. The molecular weight excluding hydrogens is 234 g/mol. The molecule has 0 fully saturated rings. The average molecular weight is 251 g/mol. The second kappa shape index (κ2) is 5.62. The van der Waals surface area contributed by atoms with Crippen LogP contribution in [-0.2, 0) is 19.1 Å². The van der Waals surface area contributed by atoms with Crippen LogP contribution in [0.4, 0.5) is 0 Å². The van der Waals surface area contributed by atoms with Crippen molar-refractivity contribution in [3.63, 3.8) is 0 Å². The van der Waals surface area contributed by atoms with Gasteiger partial charge in [0.15, 0.2) is 0 Å². The maximum atomic E-state index is 11.8. The van der Waals surface area contributed by atoms with Crippen LogP contribution in [0.15, 0.2) is 23.8 Å². The van der Waals surface area contributed by atoms with E-state index in [2.05, 4.69) is 6.58 Å². The molecule has 18 heavy (non-hydrogen) atoms. The molecule has 0 aromatic rings. The molecule has 5 heteroatoms. The second-order valence-electron chi connectivity index (χ2n) is 4.14. The monoisotopic (exact) mass is 251 g/mol. The highest BCUT2D eigenvalue weighted by atomic mass is 16.5. The summed E-state index contributed by atoms with van der Waals surface area (Å²) >= 11 is 0. The third kappa shape index (κ3) is 2.67. The molecule has 98 valence electrons. The number of hydrogen-bond donors (Lipinski definition) is 0. The number of ether oxygens (including phenoxy) is 1. The fourth-order valence-electron chi connectivity index (χ4n) is 1.65. The maximum Gasteiger partial charge on any atom is 0.330 e. The number of imide groups is 1. The van der Waals surface area contributed by atoms with Gasteiger partial charge in [-0.05, 0) is 20.3 Å². The Morgan fingerprint density at radius 3 is 2.22 bits per heavy atom. The van der Waals surface area contributed by atoms with Crippen molar-refractivity contribution in [2.45, 2.75) is 33.3 Å². The van der Waals surface area contributed by atoms with Gasteiger partial charge in [0.05, 0.1) is 6.54 Å². The zero-order valence-corrected chi connectivity index (χ0v) is 10.9. The first kappa shape index (κ1) is 14.2. The summed E-state index contributed by atoms with van der Waals surface area (Å²) in [7, 11) is 0. The lowest BCUT2D eigenvalue weighted by Crippen LogP contribution is -2.39. The van der Waals surface area contributed by atoms with Gasteiger partial charge in [-0.2, -0.15) is 0 Å². The summed E-state index contributed by atoms with van der Waals surface area (Å²) in [5, 5.41) is 0. The number of rotatable bonds is 5. The van der Waals surface area contributed by atoms with Crippen molar-refractivity contribution in [1.82, 2.24) is 4.90 Å². The van der Waals surface area contributed by atoms with E-state index in [1.54, 1.807) is 13.8 Å². The van der Waals surface area contributed by atoms with E-state index in [4.69, 9.17) is 4.74 Å². The van der Waals surface area contributed by atoms with Crippen LogP contribution in [0.1, 0.15) is 27.2 Å². The Morgan fingerprint density at radius 2 is 1.83 bits per heavy atom. The number of amides is 2. The third-order valence-corrected chi connectivity index (χ3v) is 2.99. The quantitative estimate of drug-likeness (QED) is 0.418. The van der Waals surface area contributed by atoms with E-state index in [-0.39, 0.29) is 18.4 Å². The largest absolute Gasteiger partial charge is 0.457 e. The lowest BCUT2D eigenvalue weighted by Gasteiger charge is -2.21. The van der Waals surface area contributed by atoms with E-state index in [1.165, 1.54) is 0 Å². The summed E-state index contributed by atoms with van der Waals surface area (Å²) in [5.41, 5.74) is 0.898. The van der Waals surface area contributed by atoms with Crippen molar-refractivity contribution < 1.29 is 19.1 Å². The van der Waals surface area contributed by atoms with Crippen molar-refractivity contribution >= 4 is 17.8 Å². The van der Waals surface area contributed by atoms with Gasteiger partial charge in [-0.1, -0.05) is 13.5 Å². The number of esters is 1. The number of carbonyl (C=O) groups excluding carboxylic acids is 3. The van der Waals surface area contributed by atoms with Crippen molar-refractivity contribution in [2.75, 3.05) is 6.54 Å². The fourth-order valence-corrected chi connectivity index (χ4v) is 1.65. The fraction of sp³-hybridized carbons (Fsp3) is 0.462. The van der Waals surface area contributed by atoms with Gasteiger partial charge in [0.2, 0.25) is 0 Å². The zero-order chi connectivity index (χ0) is 13.9. The van der Waals surface area contributed by atoms with E-state index in [0.29, 0.717) is 17.6 Å². The molecule has 0 saturated carbocycles. The Bertz CT molecular complexity index is 412. The van der Waals surface area contributed by atoms with Gasteiger partial charge in [0, 0.05) is 17.2 Å². The van der Waals surface area contributed by atoms with Gasteiger partial charge in [0.25, 0.3) is 11.8 Å². The topological polar surface area (TPSA) is 63.7 Å². The highest BCUT2D eigenvalue weighted by molar-refractivity contribution is 6.18. The molecule has 1 rings (SSSR count). The highest BCUT2D eigenvalue weighted by Gasteiger charge is 2.34. The first-order valence-electron chi connectivity index (χ1n) is 5.79. The summed E-state index contributed by atoms with van der Waals surface area (Å²) < 4.78 is 5.06. The first-order chi connectivity index (χ1) is 8.42. The van der Waals surface area contributed by atoms with Gasteiger partial charge in [-0.25, -0.2) is 4.79 Å². The van der Waals surface area contributed by atoms with Crippen LogP contribution in [0.2, 0.25) is 0 Å². The van der Waals surface area contributed by atoms with Crippen LogP contribution in [-0.4, -0.2) is 35.3 Å². The molecule has 1 atom stereocenters. The number of hydrogen-bond acceptors (Lipinski definition) is 4. The minimum absolute atomic E-state index is 0.0857. The Morgan fingerprint density at radius 1 is 1.33 bits per heavy atom. The lowest BCUT2D eigenvalue weighted by atomic mass is 10.2. The first-order valence-corrected chi connectivity index (χ1v) is 5.79. The van der Waals surface area contributed by atoms with Crippen LogP contribution in [0.25, 0.3) is 0 Å². The van der Waals surface area contributed by atoms with E-state index in [0.717, 1.165) is 11.0 Å². The summed E-state index contributed by atoms with van der Waals surface area (Å²) in [5.74, 6) is -1.18. The summed E-state index contributed by atoms with van der Waals surface area (Å²) in [6.45, 7) is 8.44. The van der Waals surface area contributed by atoms with Crippen LogP contribution in [0.3, 0.4) is 0 Å². The predicted octanol–water partition coefficient (Wildman–Crippen LogP) is 1.20. The second-order valence-corrected chi connectivity index (χ2v) is 4.14. The lowest BCUT2D eigenvalue weighted by molar-refractivity contribution is -0.149. The minimum atomic E-state index is -0.553. The van der Waals surface area contributed by atoms with Gasteiger partial charge in [0.1, 0.15) is 6.10 Å². The molecule has 0 radical (unpaired) electrons. The third-order valence-electron chi connectivity index (χ3n) is 2.99. The molecule has 1 heterocycles. The Kier molecular flexibility index (Phi) is 4.42. The Hall–Kier alpha value is -1.91. The van der Waals surface area contributed by atoms with Crippen molar-refractivity contribution in [3.05, 3.63) is 23.8 Å². The molecule has 1 unspecified atom stereocenters. The van der Waals surface area contributed by atoms with Crippen LogP contribution >= 0.6 is 0 Å². The van der Waals surface area contributed by atoms with Crippen LogP contribution in [0, 0.1) is 0 Å². The molecule has 0 N–H and O–H groups in total. The summed E-state index contributed by atoms with van der Waals surface area (Å²) in [6, 6.07) is 0. The Balaban J connectivity index is 2.73. The van der Waals surface area contributed by atoms with E-state index in [9.17, 15) is 14.4 Å². The Labute approximate surface area is 106 Å². The number of nitrogens with zero attached hydrogens (tertiary/aromatic N) is 1. The highest BCUT2D eigenvalue weighted by Crippen LogP contribution is 2.20. The molecule has 1 aliphatic rings. The van der Waals surface area contributed by atoms with Crippen LogP contribution in [0.5, 0.6) is 0 Å². The zero-order valence-electron chi connectivity index (χ0n) is 10.9. The molecule has 1 aliphatic heterocycles. The normalized spacial score (nSPS) is 17.2. The SMILES string of the molecule is C=CC(=O)OC(CC)CN1C(=O)C(C)=C(C)C1=O. The van der Waals surface area contributed by atoms with Crippen molar-refractivity contribution in [1.29, 1.82) is 0 Å². The molecule has 5 nitrogen and oxygen atoms in total. The van der Waals surface area contributed by atoms with Gasteiger partial charge < -0.3 is 4.74 Å². The summed E-state index contributed by atoms with van der Waals surface area (Å²) in [4.78, 5) is 35.9. The van der Waals surface area contributed by atoms with Gasteiger partial charge >= 0.3 is 5.97 Å². The van der Waals surface area contributed by atoms with Crippen molar-refractivity contribution in [3.8, 4) is 0 Å². The van der Waals surface area contributed by atoms with Gasteiger partial charge in [-0.15, -0.1) is 0 Å². The minimum Gasteiger partial charge on any atom is -0.457 e. The van der Waals surface area contributed by atoms with E-state index >= 15 is 0 Å². The average Bonchev–Trinajstić information content (AvgIpc) is 2.55. The molecule has 0 aliphatic carbocycles. The molecule has 2 amide bonds. The number of carbonyl (C=O) groups is 3. The molecule has 0 saturated heterocycles. The standard InChI is InChI=1S/C13H17NO4/c1-5-10(18-11(15)6-2)7-14-12(16)8(3)9(4)13(14)17/h6,10H,2,5,7H2,1,3-4H3. The summed E-state index contributed by atoms with van der Waals surface area (Å²) in [6.07, 6.45) is 1.09. The van der Waals surface area contributed by atoms with Gasteiger partial charge in [-0.3, -0.25) is 14.5 Å². The predicted molar refractivity (Wildman–Crippen MR) is 65.5 cm³/mol. The van der Waals surface area contributed by atoms with E-state index in [1.807, 2.05) is 6.92 Å². The molecule has 0 aromatic heterocycles. The van der Waals surface area contributed by atoms with Crippen molar-refractivity contribution in [2.24, 2.45) is 0 Å². The molecule has 0 bridgehead atoms.